The van der Waals surface area contributed by atoms with Gasteiger partial charge in [0.05, 0.1) is 20.8 Å². The molecule has 4 nitrogen and oxygen atoms in total. The van der Waals surface area contributed by atoms with E-state index in [0.29, 0.717) is 5.56 Å². The van der Waals surface area contributed by atoms with Crippen LogP contribution in [0.15, 0.2) is 24.7 Å². The van der Waals surface area contributed by atoms with E-state index in [1.807, 2.05) is 0 Å². The van der Waals surface area contributed by atoms with Crippen LogP contribution in [0, 0.1) is 0 Å². The second-order valence-electron chi connectivity index (χ2n) is 3.31. The van der Waals surface area contributed by atoms with Crippen LogP contribution in [-0.2, 0) is 0 Å². The van der Waals surface area contributed by atoms with Crippen LogP contribution in [0.5, 0.6) is 0 Å². The number of aromatic nitrogens is 2. The monoisotopic (exact) mass is 302 g/mol. The summed E-state index contributed by atoms with van der Waals surface area (Å²) < 4.78 is 0. The second kappa shape index (κ2) is 5.10. The zero-order valence-corrected chi connectivity index (χ0v) is 11.0. The molecule has 1 aromatic carbocycles. The number of nitrogens with zero attached hydrogens (tertiary/aromatic N) is 2. The van der Waals surface area contributed by atoms with Gasteiger partial charge in [0.1, 0.15) is 11.9 Å². The molecular weight excluding hydrogens is 298 g/mol. The first kappa shape index (κ1) is 13.1. The molecule has 0 saturated carbocycles. The maximum absolute atomic E-state index is 11.1. The minimum absolute atomic E-state index is 0.0576. The fraction of sp³-hybridized carbons (Fsp3) is 0. The third-order valence-electron chi connectivity index (χ3n) is 2.23. The van der Waals surface area contributed by atoms with E-state index in [2.05, 4.69) is 9.97 Å². The number of hydrogen-bond acceptors (Lipinski definition) is 3. The summed E-state index contributed by atoms with van der Waals surface area (Å²) in [5.74, 6) is -1.15. The Bertz CT molecular complexity index is 632. The van der Waals surface area contributed by atoms with Crippen LogP contribution in [0.25, 0.3) is 11.3 Å². The van der Waals surface area contributed by atoms with E-state index in [0.717, 1.165) is 0 Å². The molecule has 2 rings (SSSR count). The molecule has 1 heterocycles. The third kappa shape index (κ3) is 2.27. The Morgan fingerprint density at radius 3 is 2.56 bits per heavy atom. The van der Waals surface area contributed by atoms with Gasteiger partial charge in [0.15, 0.2) is 0 Å². The molecule has 0 bridgehead atoms. The fourth-order valence-corrected chi connectivity index (χ4v) is 2.03. The van der Waals surface area contributed by atoms with Gasteiger partial charge in [-0.15, -0.1) is 0 Å². The van der Waals surface area contributed by atoms with Gasteiger partial charge in [-0.2, -0.15) is 0 Å². The molecule has 0 aliphatic carbocycles. The Hall–Kier alpha value is -1.36. The van der Waals surface area contributed by atoms with Crippen LogP contribution >= 0.6 is 34.8 Å². The zero-order chi connectivity index (χ0) is 13.3. The first-order chi connectivity index (χ1) is 8.52. The van der Waals surface area contributed by atoms with Crippen LogP contribution in [0.2, 0.25) is 15.1 Å². The SMILES string of the molecule is O=C(O)c1cncnc1-c1ccc(Cl)c(Cl)c1Cl. The predicted octanol–water partition coefficient (Wildman–Crippen LogP) is 3.80. The number of benzene rings is 1. The van der Waals surface area contributed by atoms with E-state index in [1.54, 1.807) is 6.07 Å². The zero-order valence-electron chi connectivity index (χ0n) is 8.69. The number of halogens is 3. The Balaban J connectivity index is 2.70. The standard InChI is InChI=1S/C11H5Cl3N2O2/c12-7-2-1-5(8(13)9(7)14)10-6(11(17)18)3-15-4-16-10/h1-4H,(H,17,18). The van der Waals surface area contributed by atoms with Crippen LogP contribution < -0.4 is 0 Å². The van der Waals surface area contributed by atoms with Gasteiger partial charge in [-0.3, -0.25) is 0 Å². The van der Waals surface area contributed by atoms with Gasteiger partial charge in [0.2, 0.25) is 0 Å². The number of hydrogen-bond donors (Lipinski definition) is 1. The van der Waals surface area contributed by atoms with E-state index < -0.39 is 5.97 Å². The summed E-state index contributed by atoms with van der Waals surface area (Å²) in [5.41, 5.74) is 0.532. The van der Waals surface area contributed by atoms with Gasteiger partial charge in [-0.25, -0.2) is 14.8 Å². The van der Waals surface area contributed by atoms with E-state index in [9.17, 15) is 4.79 Å². The molecule has 7 heteroatoms. The minimum atomic E-state index is -1.15. The average molecular weight is 304 g/mol. The highest BCUT2D eigenvalue weighted by Crippen LogP contribution is 2.38. The largest absolute Gasteiger partial charge is 0.478 e. The molecule has 0 aliphatic heterocycles. The van der Waals surface area contributed by atoms with Crippen LogP contribution in [-0.4, -0.2) is 21.0 Å². The maximum atomic E-state index is 11.1. The fourth-order valence-electron chi connectivity index (χ4n) is 1.41. The molecule has 0 spiro atoms. The minimum Gasteiger partial charge on any atom is -0.478 e. The molecule has 2 aromatic rings. The highest BCUT2D eigenvalue weighted by Gasteiger charge is 2.18. The van der Waals surface area contributed by atoms with Crippen molar-refractivity contribution < 1.29 is 9.90 Å². The van der Waals surface area contributed by atoms with Crippen molar-refractivity contribution in [2.75, 3.05) is 0 Å². The molecule has 92 valence electrons. The molecule has 0 radical (unpaired) electrons. The Morgan fingerprint density at radius 2 is 1.89 bits per heavy atom. The number of aromatic carboxylic acids is 1. The summed E-state index contributed by atoms with van der Waals surface area (Å²) >= 11 is 17.8. The molecule has 0 saturated heterocycles. The number of carbonyl (C=O) groups is 1. The molecule has 0 aliphatic rings. The second-order valence-corrected chi connectivity index (χ2v) is 4.48. The van der Waals surface area contributed by atoms with E-state index in [4.69, 9.17) is 39.9 Å². The van der Waals surface area contributed by atoms with Crippen molar-refractivity contribution in [3.63, 3.8) is 0 Å². The number of rotatable bonds is 2. The molecule has 18 heavy (non-hydrogen) atoms. The van der Waals surface area contributed by atoms with Gasteiger partial charge in [0, 0.05) is 11.8 Å². The van der Waals surface area contributed by atoms with E-state index in [1.165, 1.54) is 18.6 Å². The third-order valence-corrected chi connectivity index (χ3v) is 3.53. The van der Waals surface area contributed by atoms with E-state index >= 15 is 0 Å². The number of carboxylic acids is 1. The molecule has 0 unspecified atom stereocenters. The summed E-state index contributed by atoms with van der Waals surface area (Å²) in [6, 6.07) is 3.09. The quantitative estimate of drug-likeness (QED) is 0.857. The van der Waals surface area contributed by atoms with Crippen molar-refractivity contribution in [1.29, 1.82) is 0 Å². The van der Waals surface area contributed by atoms with Crippen LogP contribution in [0.4, 0.5) is 0 Å². The predicted molar refractivity (Wildman–Crippen MR) is 69.5 cm³/mol. The van der Waals surface area contributed by atoms with Crippen LogP contribution in [0.1, 0.15) is 10.4 Å². The number of carboxylic acid groups (broad SMARTS) is 1. The molecular formula is C11H5Cl3N2O2. The summed E-state index contributed by atoms with van der Waals surface area (Å²) in [6.45, 7) is 0. The summed E-state index contributed by atoms with van der Waals surface area (Å²) in [5, 5.41) is 9.66. The van der Waals surface area contributed by atoms with Crippen molar-refractivity contribution >= 4 is 40.8 Å². The molecule has 0 atom stereocenters. The summed E-state index contributed by atoms with van der Waals surface area (Å²) in [4.78, 5) is 18.7. The molecule has 0 amide bonds. The van der Waals surface area contributed by atoms with Crippen molar-refractivity contribution in [3.8, 4) is 11.3 Å². The van der Waals surface area contributed by atoms with Crippen LogP contribution in [0.3, 0.4) is 0 Å². The van der Waals surface area contributed by atoms with Gasteiger partial charge in [0.25, 0.3) is 0 Å². The first-order valence-corrected chi connectivity index (χ1v) is 5.83. The average Bonchev–Trinajstić information content (AvgIpc) is 2.36. The van der Waals surface area contributed by atoms with Crippen molar-refractivity contribution in [3.05, 3.63) is 45.3 Å². The van der Waals surface area contributed by atoms with Crippen molar-refractivity contribution in [2.45, 2.75) is 0 Å². The highest BCUT2D eigenvalue weighted by atomic mass is 35.5. The summed E-state index contributed by atoms with van der Waals surface area (Å²) in [7, 11) is 0. The Labute approximate surface area is 117 Å². The molecule has 1 N–H and O–H groups in total. The van der Waals surface area contributed by atoms with Gasteiger partial charge in [-0.1, -0.05) is 34.8 Å². The lowest BCUT2D eigenvalue weighted by atomic mass is 10.1. The first-order valence-electron chi connectivity index (χ1n) is 4.69. The highest BCUT2D eigenvalue weighted by molar-refractivity contribution is 6.49. The lowest BCUT2D eigenvalue weighted by Crippen LogP contribution is -2.02. The smallest absolute Gasteiger partial charge is 0.339 e. The lowest BCUT2D eigenvalue weighted by molar-refractivity contribution is 0.0697. The molecule has 0 fully saturated rings. The topological polar surface area (TPSA) is 63.1 Å². The van der Waals surface area contributed by atoms with Crippen molar-refractivity contribution in [1.82, 2.24) is 9.97 Å². The Morgan fingerprint density at radius 1 is 1.17 bits per heavy atom. The van der Waals surface area contributed by atoms with E-state index in [-0.39, 0.29) is 26.3 Å². The summed E-state index contributed by atoms with van der Waals surface area (Å²) in [6.07, 6.45) is 2.43. The molecule has 1 aromatic heterocycles. The van der Waals surface area contributed by atoms with Gasteiger partial charge < -0.3 is 5.11 Å². The van der Waals surface area contributed by atoms with Crippen molar-refractivity contribution in [2.24, 2.45) is 0 Å². The van der Waals surface area contributed by atoms with Gasteiger partial charge in [-0.05, 0) is 12.1 Å². The normalized spacial score (nSPS) is 10.4. The Kier molecular flexibility index (Phi) is 3.71. The maximum Gasteiger partial charge on any atom is 0.339 e. The van der Waals surface area contributed by atoms with Gasteiger partial charge >= 0.3 is 5.97 Å². The lowest BCUT2D eigenvalue weighted by Gasteiger charge is -2.08.